The van der Waals surface area contributed by atoms with Gasteiger partial charge < -0.3 is 18.8 Å². The minimum absolute atomic E-state index is 0.0551. The number of methoxy groups -OCH3 is 1. The zero-order chi connectivity index (χ0) is 29.5. The number of amides is 1. The molecule has 0 radical (unpaired) electrons. The van der Waals surface area contributed by atoms with Gasteiger partial charge >= 0.3 is 11.9 Å². The third kappa shape index (κ3) is 4.38. The third-order valence-corrected chi connectivity index (χ3v) is 8.18. The van der Waals surface area contributed by atoms with E-state index in [4.69, 9.17) is 13.9 Å². The second-order valence-corrected chi connectivity index (χ2v) is 10.7. The molecule has 212 valence electrons. The summed E-state index contributed by atoms with van der Waals surface area (Å²) < 4.78 is 17.2. The minimum Gasteiger partial charge on any atom is -0.466 e. The molecule has 2 aliphatic rings. The van der Waals surface area contributed by atoms with E-state index in [-0.39, 0.29) is 27.5 Å². The number of carbonyl (C=O) groups is 3. The van der Waals surface area contributed by atoms with Crippen LogP contribution in [0.2, 0.25) is 0 Å². The molecule has 0 bridgehead atoms. The lowest BCUT2D eigenvalue weighted by atomic mass is 9.96. The maximum Gasteiger partial charge on any atom is 0.379 e. The van der Waals surface area contributed by atoms with Gasteiger partial charge in [0, 0.05) is 12.1 Å². The van der Waals surface area contributed by atoms with E-state index in [1.807, 2.05) is 31.2 Å². The Hall–Kier alpha value is -5.03. The van der Waals surface area contributed by atoms with Crippen LogP contribution in [0.3, 0.4) is 0 Å². The average Bonchev–Trinajstić information content (AvgIpc) is 3.70. The molecule has 2 aliphatic heterocycles. The van der Waals surface area contributed by atoms with Gasteiger partial charge in [-0.3, -0.25) is 14.2 Å². The van der Waals surface area contributed by atoms with Crippen LogP contribution in [0, 0.1) is 0 Å². The van der Waals surface area contributed by atoms with Crippen LogP contribution in [0.25, 0.3) is 5.57 Å². The van der Waals surface area contributed by atoms with Crippen molar-refractivity contribution >= 4 is 40.4 Å². The van der Waals surface area contributed by atoms with E-state index in [1.165, 1.54) is 24.0 Å². The van der Waals surface area contributed by atoms with Crippen molar-refractivity contribution in [1.82, 2.24) is 4.57 Å². The van der Waals surface area contributed by atoms with Crippen LogP contribution >= 0.6 is 11.3 Å². The number of aromatic nitrogens is 1. The summed E-state index contributed by atoms with van der Waals surface area (Å²) in [5, 5.41) is 0. The Bertz CT molecular complexity index is 1950. The van der Waals surface area contributed by atoms with Gasteiger partial charge in [0.25, 0.3) is 11.5 Å². The highest BCUT2D eigenvalue weighted by Gasteiger charge is 2.37. The van der Waals surface area contributed by atoms with Crippen molar-refractivity contribution in [3.63, 3.8) is 0 Å². The summed E-state index contributed by atoms with van der Waals surface area (Å²) in [4.78, 5) is 59.8. The number of furan rings is 1. The van der Waals surface area contributed by atoms with E-state index >= 15 is 0 Å². The predicted molar refractivity (Wildman–Crippen MR) is 154 cm³/mol. The van der Waals surface area contributed by atoms with Gasteiger partial charge in [-0.15, -0.1) is 0 Å². The Balaban J connectivity index is 1.50. The standard InChI is InChI=1S/C31H25N3O7S/c1-4-15-33-21-9-6-5-8-20(21)24(27(33)35)26-28(36)34-25(23(30(38)39-3)17(2)32-31(34)42-26)18-11-13-19(14-12-18)41-29(37)22-10-7-16-40-22/h5-14,16,25H,4,15H2,1-3H3/b26-24-/t25-/m0/s1. The highest BCUT2D eigenvalue weighted by atomic mass is 32.1. The molecule has 6 rings (SSSR count). The van der Waals surface area contributed by atoms with E-state index in [9.17, 15) is 19.2 Å². The number of esters is 2. The number of benzene rings is 2. The van der Waals surface area contributed by atoms with Gasteiger partial charge in [-0.05, 0) is 49.2 Å². The first-order chi connectivity index (χ1) is 20.3. The number of carbonyl (C=O) groups excluding carboxylic acids is 3. The highest BCUT2D eigenvalue weighted by Crippen LogP contribution is 2.36. The summed E-state index contributed by atoms with van der Waals surface area (Å²) in [6.07, 6.45) is 2.13. The second kappa shape index (κ2) is 10.7. The molecule has 4 heterocycles. The maximum absolute atomic E-state index is 14.2. The lowest BCUT2D eigenvalue weighted by Gasteiger charge is -2.24. The number of anilines is 1. The Kier molecular flexibility index (Phi) is 6.95. The zero-order valence-corrected chi connectivity index (χ0v) is 23.8. The largest absolute Gasteiger partial charge is 0.466 e. The smallest absolute Gasteiger partial charge is 0.379 e. The molecule has 2 aromatic carbocycles. The third-order valence-electron chi connectivity index (χ3n) is 7.13. The molecule has 1 atom stereocenters. The Morgan fingerprint density at radius 3 is 2.48 bits per heavy atom. The predicted octanol–water partition coefficient (Wildman–Crippen LogP) is 3.35. The molecule has 0 aliphatic carbocycles. The molecule has 0 N–H and O–H groups in total. The van der Waals surface area contributed by atoms with Crippen molar-refractivity contribution in [3.8, 4) is 5.75 Å². The summed E-state index contributed by atoms with van der Waals surface area (Å²) in [7, 11) is 1.26. The highest BCUT2D eigenvalue weighted by molar-refractivity contribution is 7.07. The fourth-order valence-electron chi connectivity index (χ4n) is 5.27. The van der Waals surface area contributed by atoms with Crippen LogP contribution in [-0.2, 0) is 14.3 Å². The summed E-state index contributed by atoms with van der Waals surface area (Å²) in [5.74, 6) is -1.24. The summed E-state index contributed by atoms with van der Waals surface area (Å²) in [6.45, 7) is 4.18. The first kappa shape index (κ1) is 27.2. The van der Waals surface area contributed by atoms with E-state index in [0.29, 0.717) is 33.7 Å². The average molecular weight is 584 g/mol. The van der Waals surface area contributed by atoms with Crippen LogP contribution in [0.4, 0.5) is 5.69 Å². The molecule has 0 saturated carbocycles. The van der Waals surface area contributed by atoms with E-state index in [2.05, 4.69) is 4.99 Å². The van der Waals surface area contributed by atoms with Crippen molar-refractivity contribution in [2.24, 2.45) is 4.99 Å². The molecular formula is C31H25N3O7S. The van der Waals surface area contributed by atoms with Gasteiger partial charge in [-0.2, -0.15) is 0 Å². The molecule has 0 spiro atoms. The minimum atomic E-state index is -0.892. The molecule has 0 unspecified atom stereocenters. The van der Waals surface area contributed by atoms with Crippen molar-refractivity contribution < 1.29 is 28.3 Å². The molecule has 4 aromatic rings. The van der Waals surface area contributed by atoms with E-state index < -0.39 is 23.5 Å². The zero-order valence-electron chi connectivity index (χ0n) is 23.0. The quantitative estimate of drug-likeness (QED) is 0.252. The molecule has 42 heavy (non-hydrogen) atoms. The first-order valence-corrected chi connectivity index (χ1v) is 14.1. The fourth-order valence-corrected chi connectivity index (χ4v) is 6.41. The van der Waals surface area contributed by atoms with Crippen LogP contribution in [0.5, 0.6) is 5.75 Å². The maximum atomic E-state index is 14.2. The van der Waals surface area contributed by atoms with Gasteiger partial charge in [-0.25, -0.2) is 14.6 Å². The number of thiazole rings is 1. The lowest BCUT2D eigenvalue weighted by Crippen LogP contribution is -2.40. The van der Waals surface area contributed by atoms with Crippen LogP contribution in [-0.4, -0.2) is 36.1 Å². The van der Waals surface area contributed by atoms with Gasteiger partial charge in [-0.1, -0.05) is 48.6 Å². The summed E-state index contributed by atoms with van der Waals surface area (Å²) >= 11 is 1.11. The SMILES string of the molecule is CCCN1C(=O)/C(=c2\sc3n(c2=O)[C@@H](c2ccc(OC(=O)c4ccco4)cc2)C(C(=O)OC)=C(C)N=3)c2ccccc21. The number of allylic oxidation sites excluding steroid dienone is 1. The van der Waals surface area contributed by atoms with Gasteiger partial charge in [0.2, 0.25) is 5.76 Å². The van der Waals surface area contributed by atoms with Crippen LogP contribution in [0.15, 0.2) is 92.4 Å². The van der Waals surface area contributed by atoms with Crippen molar-refractivity contribution in [3.05, 3.63) is 115 Å². The van der Waals surface area contributed by atoms with Crippen LogP contribution < -0.4 is 24.5 Å². The number of fused-ring (bicyclic) bond motifs is 2. The summed E-state index contributed by atoms with van der Waals surface area (Å²) in [6, 6.07) is 16.0. The number of nitrogens with zero attached hydrogens (tertiary/aromatic N) is 3. The number of hydrogen-bond acceptors (Lipinski definition) is 9. The van der Waals surface area contributed by atoms with Crippen molar-refractivity contribution in [1.29, 1.82) is 0 Å². The Morgan fingerprint density at radius 2 is 1.79 bits per heavy atom. The van der Waals surface area contributed by atoms with Crippen LogP contribution in [0.1, 0.15) is 48.0 Å². The van der Waals surface area contributed by atoms with Gasteiger partial charge in [0.05, 0.1) is 41.9 Å². The molecular weight excluding hydrogens is 558 g/mol. The number of rotatable bonds is 6. The molecule has 0 fully saturated rings. The lowest BCUT2D eigenvalue weighted by molar-refractivity contribution is -0.136. The molecule has 1 amide bonds. The fraction of sp³-hybridized carbons (Fsp3) is 0.194. The summed E-state index contributed by atoms with van der Waals surface area (Å²) in [5.41, 5.74) is 2.46. The monoisotopic (exact) mass is 583 g/mol. The van der Waals surface area contributed by atoms with E-state index in [0.717, 1.165) is 23.4 Å². The Labute approximate surface area is 243 Å². The molecule has 11 heteroatoms. The van der Waals surface area contributed by atoms with Crippen molar-refractivity contribution in [2.75, 3.05) is 18.6 Å². The van der Waals surface area contributed by atoms with Gasteiger partial charge in [0.1, 0.15) is 10.3 Å². The van der Waals surface area contributed by atoms with E-state index in [1.54, 1.807) is 42.2 Å². The molecule has 2 aromatic heterocycles. The number of hydrogen-bond donors (Lipinski definition) is 0. The Morgan fingerprint density at radius 1 is 1.02 bits per heavy atom. The van der Waals surface area contributed by atoms with Crippen molar-refractivity contribution in [2.45, 2.75) is 26.3 Å². The number of ether oxygens (including phenoxy) is 2. The second-order valence-electron chi connectivity index (χ2n) is 9.68. The molecule has 10 nitrogen and oxygen atoms in total. The topological polar surface area (TPSA) is 120 Å². The molecule has 0 saturated heterocycles. The first-order valence-electron chi connectivity index (χ1n) is 13.2. The number of para-hydroxylation sites is 1. The normalized spacial score (nSPS) is 17.1. The van der Waals surface area contributed by atoms with Gasteiger partial charge in [0.15, 0.2) is 4.80 Å².